The van der Waals surface area contributed by atoms with Gasteiger partial charge in [-0.25, -0.2) is 4.79 Å². The molecule has 1 aliphatic rings. The number of carbonyl (C=O) groups excluding carboxylic acids is 3. The van der Waals surface area contributed by atoms with E-state index in [-0.39, 0.29) is 37.1 Å². The van der Waals surface area contributed by atoms with Gasteiger partial charge in [0.15, 0.2) is 0 Å². The van der Waals surface area contributed by atoms with Crippen molar-refractivity contribution in [2.75, 3.05) is 13.2 Å². The first-order valence-corrected chi connectivity index (χ1v) is 10.4. The molecule has 0 bridgehead atoms. The van der Waals surface area contributed by atoms with Gasteiger partial charge in [-0.15, -0.1) is 0 Å². The van der Waals surface area contributed by atoms with E-state index < -0.39 is 12.1 Å². The van der Waals surface area contributed by atoms with Crippen LogP contribution in [0, 0.1) is 0 Å². The molecule has 158 valence electrons. The largest absolute Gasteiger partial charge is 0.449 e. The van der Waals surface area contributed by atoms with E-state index in [1.807, 2.05) is 31.2 Å². The Morgan fingerprint density at radius 3 is 2.17 bits per heavy atom. The summed E-state index contributed by atoms with van der Waals surface area (Å²) < 4.78 is 5.52. The summed E-state index contributed by atoms with van der Waals surface area (Å²) in [6.45, 7) is 4.11. The van der Waals surface area contributed by atoms with Crippen molar-refractivity contribution in [3.05, 3.63) is 59.7 Å². The molecule has 2 amide bonds. The van der Waals surface area contributed by atoms with E-state index in [1.54, 1.807) is 0 Å². The number of hydrogen-bond donors (Lipinski definition) is 2. The van der Waals surface area contributed by atoms with E-state index in [0.717, 1.165) is 28.7 Å². The summed E-state index contributed by atoms with van der Waals surface area (Å²) >= 11 is 0. The van der Waals surface area contributed by atoms with Gasteiger partial charge >= 0.3 is 6.09 Å². The van der Waals surface area contributed by atoms with E-state index in [0.29, 0.717) is 6.54 Å². The van der Waals surface area contributed by atoms with Crippen molar-refractivity contribution >= 4 is 17.8 Å². The molecular formula is C24H28N2O4. The number of Topliss-reactive ketones (excluding diaryl/α,β-unsaturated/α-hetero) is 1. The van der Waals surface area contributed by atoms with E-state index in [1.165, 1.54) is 6.92 Å². The zero-order chi connectivity index (χ0) is 21.5. The molecule has 6 heteroatoms. The highest BCUT2D eigenvalue weighted by atomic mass is 16.5. The van der Waals surface area contributed by atoms with E-state index in [2.05, 4.69) is 34.9 Å². The maximum absolute atomic E-state index is 12.5. The summed E-state index contributed by atoms with van der Waals surface area (Å²) in [6, 6.07) is 15.4. The van der Waals surface area contributed by atoms with Crippen molar-refractivity contribution in [3.63, 3.8) is 0 Å². The van der Waals surface area contributed by atoms with Gasteiger partial charge in [-0.3, -0.25) is 4.79 Å². The Morgan fingerprint density at radius 2 is 1.60 bits per heavy atom. The van der Waals surface area contributed by atoms with Crippen molar-refractivity contribution in [2.45, 2.75) is 45.1 Å². The van der Waals surface area contributed by atoms with Crippen LogP contribution in [-0.2, 0) is 14.3 Å². The molecule has 6 nitrogen and oxygen atoms in total. The second-order valence-corrected chi connectivity index (χ2v) is 7.55. The second kappa shape index (κ2) is 10.1. The van der Waals surface area contributed by atoms with Crippen molar-refractivity contribution < 1.29 is 19.1 Å². The summed E-state index contributed by atoms with van der Waals surface area (Å²) in [4.78, 5) is 36.1. The van der Waals surface area contributed by atoms with Gasteiger partial charge in [0.05, 0.1) is 0 Å². The zero-order valence-electron chi connectivity index (χ0n) is 17.4. The smallest absolute Gasteiger partial charge is 0.407 e. The molecule has 0 aromatic heterocycles. The van der Waals surface area contributed by atoms with E-state index >= 15 is 0 Å². The van der Waals surface area contributed by atoms with Gasteiger partial charge in [0.2, 0.25) is 5.91 Å². The maximum atomic E-state index is 12.5. The van der Waals surface area contributed by atoms with Gasteiger partial charge in [-0.2, -0.15) is 0 Å². The minimum absolute atomic E-state index is 0.0300. The number of amides is 2. The lowest BCUT2D eigenvalue weighted by Gasteiger charge is -2.19. The monoisotopic (exact) mass is 408 g/mol. The molecule has 2 N–H and O–H groups in total. The highest BCUT2D eigenvalue weighted by Gasteiger charge is 2.29. The number of benzene rings is 2. The molecule has 1 aliphatic carbocycles. The second-order valence-electron chi connectivity index (χ2n) is 7.55. The van der Waals surface area contributed by atoms with Crippen LogP contribution in [0.5, 0.6) is 0 Å². The van der Waals surface area contributed by atoms with Crippen LogP contribution in [0.15, 0.2) is 48.5 Å². The van der Waals surface area contributed by atoms with Crippen LogP contribution in [0.2, 0.25) is 0 Å². The third-order valence-electron chi connectivity index (χ3n) is 5.29. The molecule has 0 spiro atoms. The predicted molar refractivity (Wildman–Crippen MR) is 115 cm³/mol. The van der Waals surface area contributed by atoms with Crippen molar-refractivity contribution in [3.8, 4) is 11.1 Å². The normalized spacial score (nSPS) is 13.1. The minimum atomic E-state index is -0.795. The summed E-state index contributed by atoms with van der Waals surface area (Å²) in [5.41, 5.74) is 4.56. The molecule has 1 unspecified atom stereocenters. The molecule has 0 radical (unpaired) electrons. The molecule has 0 saturated carbocycles. The molecule has 2 aromatic carbocycles. The molecule has 0 heterocycles. The van der Waals surface area contributed by atoms with Gasteiger partial charge in [0.1, 0.15) is 18.4 Å². The number of fused-ring (bicyclic) bond motifs is 3. The highest BCUT2D eigenvalue weighted by Crippen LogP contribution is 2.44. The first-order valence-electron chi connectivity index (χ1n) is 10.4. The Bertz CT molecular complexity index is 879. The number of ether oxygens (including phenoxy) is 1. The summed E-state index contributed by atoms with van der Waals surface area (Å²) in [5, 5.41) is 5.39. The molecule has 1 atom stereocenters. The maximum Gasteiger partial charge on any atom is 0.407 e. The van der Waals surface area contributed by atoms with Crippen LogP contribution < -0.4 is 10.6 Å². The van der Waals surface area contributed by atoms with Crippen molar-refractivity contribution in [2.24, 2.45) is 0 Å². The lowest BCUT2D eigenvalue weighted by Crippen LogP contribution is -2.47. The number of nitrogens with one attached hydrogen (secondary N) is 2. The van der Waals surface area contributed by atoms with Gasteiger partial charge in [-0.05, 0) is 42.0 Å². The molecular weight excluding hydrogens is 380 g/mol. The Labute approximate surface area is 177 Å². The number of alkyl carbamates (subject to hydrolysis) is 1. The van der Waals surface area contributed by atoms with Gasteiger partial charge < -0.3 is 20.2 Å². The van der Waals surface area contributed by atoms with Crippen LogP contribution in [-0.4, -0.2) is 37.0 Å². The lowest BCUT2D eigenvalue weighted by atomic mass is 9.98. The summed E-state index contributed by atoms with van der Waals surface area (Å²) in [6.07, 6.45) is 0.594. The number of ketones is 1. The zero-order valence-corrected chi connectivity index (χ0v) is 17.4. The summed E-state index contributed by atoms with van der Waals surface area (Å²) in [7, 11) is 0. The fourth-order valence-electron chi connectivity index (χ4n) is 3.77. The fraction of sp³-hybridized carbons (Fsp3) is 0.375. The van der Waals surface area contributed by atoms with E-state index in [9.17, 15) is 14.4 Å². The van der Waals surface area contributed by atoms with Gasteiger partial charge in [0, 0.05) is 18.9 Å². The molecule has 0 fully saturated rings. The fourth-order valence-corrected chi connectivity index (χ4v) is 3.77. The molecule has 3 rings (SSSR count). The highest BCUT2D eigenvalue weighted by molar-refractivity contribution is 5.86. The third-order valence-corrected chi connectivity index (χ3v) is 5.29. The minimum Gasteiger partial charge on any atom is -0.449 e. The van der Waals surface area contributed by atoms with Crippen LogP contribution in [0.25, 0.3) is 11.1 Å². The lowest BCUT2D eigenvalue weighted by molar-refractivity contribution is -0.123. The first-order chi connectivity index (χ1) is 14.5. The average Bonchev–Trinajstić information content (AvgIpc) is 3.07. The van der Waals surface area contributed by atoms with Crippen molar-refractivity contribution in [1.29, 1.82) is 0 Å². The molecule has 30 heavy (non-hydrogen) atoms. The van der Waals surface area contributed by atoms with Crippen molar-refractivity contribution in [1.82, 2.24) is 10.6 Å². The van der Waals surface area contributed by atoms with E-state index in [4.69, 9.17) is 4.74 Å². The Morgan fingerprint density at radius 1 is 1.00 bits per heavy atom. The van der Waals surface area contributed by atoms with Crippen LogP contribution in [0.1, 0.15) is 50.2 Å². The summed E-state index contributed by atoms with van der Waals surface area (Å²) in [5.74, 6) is -0.378. The number of carbonyl (C=O) groups is 3. The quantitative estimate of drug-likeness (QED) is 0.661. The number of rotatable bonds is 9. The molecule has 0 saturated heterocycles. The average molecular weight is 408 g/mol. The Kier molecular flexibility index (Phi) is 7.22. The number of hydrogen-bond acceptors (Lipinski definition) is 4. The molecule has 2 aromatic rings. The Hall–Kier alpha value is -3.15. The standard InChI is InChI=1S/C24H28N2O4/c1-3-14-25-23(28)22(13-12-16(2)27)26-24(29)30-15-21-19-10-6-4-8-17(19)18-9-5-7-11-20(18)21/h4-11,21-22H,3,12-15H2,1-2H3,(H,25,28)(H,26,29). The third kappa shape index (κ3) is 5.06. The van der Waals surface area contributed by atoms with Crippen LogP contribution in [0.3, 0.4) is 0 Å². The van der Waals surface area contributed by atoms with Gasteiger partial charge in [-0.1, -0.05) is 55.5 Å². The van der Waals surface area contributed by atoms with Gasteiger partial charge in [0.25, 0.3) is 0 Å². The Balaban J connectivity index is 1.65. The predicted octanol–water partition coefficient (Wildman–Crippen LogP) is 3.79. The van der Waals surface area contributed by atoms with Crippen LogP contribution in [0.4, 0.5) is 4.79 Å². The topological polar surface area (TPSA) is 84.5 Å². The van der Waals surface area contributed by atoms with Crippen LogP contribution >= 0.6 is 0 Å². The SMILES string of the molecule is CCCNC(=O)C(CCC(C)=O)NC(=O)OCC1c2ccccc2-c2ccccc21. The molecule has 0 aliphatic heterocycles. The first kappa shape index (κ1) is 21.6.